The van der Waals surface area contributed by atoms with Crippen LogP contribution in [0.5, 0.6) is 17.2 Å². The summed E-state index contributed by atoms with van der Waals surface area (Å²) in [5.74, 6) is 1.81. The molecule has 6 aliphatic carbocycles. The van der Waals surface area contributed by atoms with Gasteiger partial charge >= 0.3 is 5.97 Å². The average Bonchev–Trinajstić information content (AvgIpc) is 4.00. The van der Waals surface area contributed by atoms with Gasteiger partial charge in [0.05, 0.1) is 29.7 Å². The molecular formula is C60H81ClFN3O9. The molecule has 6 unspecified atom stereocenters. The van der Waals surface area contributed by atoms with Crippen molar-refractivity contribution >= 4 is 30.2 Å². The second kappa shape index (κ2) is 23.7. The first-order valence-corrected chi connectivity index (χ1v) is 27.5. The summed E-state index contributed by atoms with van der Waals surface area (Å²) in [7, 11) is 1.67. The first-order valence-electron chi connectivity index (χ1n) is 27.5. The van der Waals surface area contributed by atoms with Crippen molar-refractivity contribution in [3.8, 4) is 17.2 Å². The van der Waals surface area contributed by atoms with Gasteiger partial charge in [-0.2, -0.15) is 0 Å². The number of carbonyl (C=O) groups is 3. The van der Waals surface area contributed by atoms with Crippen molar-refractivity contribution in [1.82, 2.24) is 10.6 Å². The molecule has 2 aliphatic heterocycles. The van der Waals surface area contributed by atoms with E-state index in [1.165, 1.54) is 16.7 Å². The van der Waals surface area contributed by atoms with E-state index in [0.29, 0.717) is 23.4 Å². The van der Waals surface area contributed by atoms with E-state index in [2.05, 4.69) is 34.9 Å². The third kappa shape index (κ3) is 11.7. The molecule has 3 aromatic rings. The summed E-state index contributed by atoms with van der Waals surface area (Å²) in [6.07, 6.45) is 22.3. The van der Waals surface area contributed by atoms with Crippen LogP contribution in [0.25, 0.3) is 0 Å². The highest BCUT2D eigenvalue weighted by molar-refractivity contribution is 5.85. The van der Waals surface area contributed by atoms with Crippen LogP contribution < -0.4 is 25.8 Å². The van der Waals surface area contributed by atoms with Gasteiger partial charge in [0.15, 0.2) is 0 Å². The number of nitrogens with two attached hydrogens (primary N) is 1. The van der Waals surface area contributed by atoms with Crippen LogP contribution in [0, 0.1) is 16.2 Å². The maximum atomic E-state index is 13.3. The van der Waals surface area contributed by atoms with E-state index in [0.717, 1.165) is 173 Å². The molecule has 74 heavy (non-hydrogen) atoms. The van der Waals surface area contributed by atoms with Crippen LogP contribution in [-0.2, 0) is 40.1 Å². The Morgan fingerprint density at radius 3 is 1.41 bits per heavy atom. The molecule has 6 N–H and O–H groups in total. The van der Waals surface area contributed by atoms with Crippen molar-refractivity contribution in [2.45, 2.75) is 170 Å². The van der Waals surface area contributed by atoms with Crippen molar-refractivity contribution < 1.29 is 47.9 Å². The number of aromatic hydroxyl groups is 1. The standard InChI is InChI=1S/C24H33FN2O3.C20H27NO3.C16H20O3.ClH/c25-14-18(15-26)16-30-21-4-2-19(3-5-21)23-8-1-9-24(17-23,11-10-23)22(28)27-20-6-12-29-13-7-20;22-17-4-2-15(3-5-17)19-8-1-9-20(14-19,11-10-19)18(23)21-16-6-12-24-13-7-16;1-19-13-5-3-12(4-6-13)15-7-2-8-16(11-15,10-9-15)14(17)18;/h2-5,14,20H,1,6-13,15-17,26H2,(H,27,28);2-5,16,22H,1,6-14H2,(H,21,23);3-6H,2,7-11H2,1H3,(H,17,18);1H/b18-14+;;;. The van der Waals surface area contributed by atoms with E-state index < -0.39 is 11.4 Å². The summed E-state index contributed by atoms with van der Waals surface area (Å²) in [4.78, 5) is 37.9. The largest absolute Gasteiger partial charge is 0.508 e. The lowest BCUT2D eigenvalue weighted by atomic mass is 9.65. The second-order valence-electron chi connectivity index (χ2n) is 23.4. The van der Waals surface area contributed by atoms with E-state index in [-0.39, 0.29) is 76.5 Å². The molecule has 8 aliphatic rings. The number of phenols is 1. The highest BCUT2D eigenvalue weighted by Gasteiger charge is 2.58. The molecule has 2 heterocycles. The number of ether oxygens (including phenoxy) is 4. The summed E-state index contributed by atoms with van der Waals surface area (Å²) in [5, 5.41) is 25.8. The van der Waals surface area contributed by atoms with Crippen LogP contribution in [0.1, 0.15) is 158 Å². The van der Waals surface area contributed by atoms with Crippen molar-refractivity contribution in [3.05, 3.63) is 101 Å². The van der Waals surface area contributed by atoms with Crippen LogP contribution in [0.4, 0.5) is 4.39 Å². The Kier molecular flexibility index (Phi) is 17.8. The summed E-state index contributed by atoms with van der Waals surface area (Å²) in [6, 6.07) is 24.5. The molecular weight excluding hydrogens is 961 g/mol. The van der Waals surface area contributed by atoms with Gasteiger partial charge in [0, 0.05) is 50.6 Å². The molecule has 0 aromatic heterocycles. The lowest BCUT2D eigenvalue weighted by molar-refractivity contribution is -0.150. The molecule has 6 atom stereocenters. The molecule has 3 aromatic carbocycles. The van der Waals surface area contributed by atoms with E-state index in [9.17, 15) is 29.0 Å². The molecule has 2 saturated heterocycles. The van der Waals surface area contributed by atoms with Gasteiger partial charge in [-0.15, -0.1) is 12.4 Å². The van der Waals surface area contributed by atoms with Crippen molar-refractivity contribution in [1.29, 1.82) is 0 Å². The number of nitrogens with one attached hydrogen (secondary N) is 2. The number of aliphatic carboxylic acids is 1. The summed E-state index contributed by atoms with van der Waals surface area (Å²) in [5.41, 5.74) is 9.19. The number of carbonyl (C=O) groups excluding carboxylic acids is 2. The number of amides is 2. The number of rotatable bonds is 13. The monoisotopic (exact) mass is 1040 g/mol. The molecule has 404 valence electrons. The molecule has 6 saturated carbocycles. The van der Waals surface area contributed by atoms with Gasteiger partial charge in [-0.3, -0.25) is 14.4 Å². The predicted molar refractivity (Wildman–Crippen MR) is 286 cm³/mol. The molecule has 14 heteroatoms. The van der Waals surface area contributed by atoms with Crippen LogP contribution >= 0.6 is 12.4 Å². The van der Waals surface area contributed by atoms with Gasteiger partial charge in [-0.1, -0.05) is 55.7 Å². The fraction of sp³-hybridized carbons (Fsp3) is 0.617. The van der Waals surface area contributed by atoms with E-state index in [1.54, 1.807) is 19.2 Å². The number of carboxylic acids is 1. The lowest BCUT2D eigenvalue weighted by Crippen LogP contribution is -2.48. The smallest absolute Gasteiger partial charge is 0.309 e. The molecule has 0 spiro atoms. The van der Waals surface area contributed by atoms with Crippen LogP contribution in [0.3, 0.4) is 0 Å². The Morgan fingerprint density at radius 2 is 1.00 bits per heavy atom. The normalized spacial score (nSPS) is 31.3. The highest BCUT2D eigenvalue weighted by Crippen LogP contribution is 2.62. The third-order valence-electron chi connectivity index (χ3n) is 19.2. The Labute approximate surface area is 443 Å². The lowest BCUT2D eigenvalue weighted by Gasteiger charge is -2.40. The van der Waals surface area contributed by atoms with Crippen LogP contribution in [0.2, 0.25) is 0 Å². The zero-order valence-electron chi connectivity index (χ0n) is 43.6. The molecule has 12 nitrogen and oxygen atoms in total. The van der Waals surface area contributed by atoms with Crippen LogP contribution in [0.15, 0.2) is 84.7 Å². The summed E-state index contributed by atoms with van der Waals surface area (Å²) < 4.78 is 34.3. The zero-order valence-corrected chi connectivity index (χ0v) is 44.4. The van der Waals surface area contributed by atoms with Crippen molar-refractivity contribution in [3.63, 3.8) is 0 Å². The average molecular weight is 1040 g/mol. The quantitative estimate of drug-likeness (QED) is 0.111. The summed E-state index contributed by atoms with van der Waals surface area (Å²) in [6.45, 7) is 3.31. The fourth-order valence-electron chi connectivity index (χ4n) is 14.9. The van der Waals surface area contributed by atoms with Gasteiger partial charge < -0.3 is 45.5 Å². The number of hydrogen-bond donors (Lipinski definition) is 5. The number of methoxy groups -OCH3 is 1. The second-order valence-corrected chi connectivity index (χ2v) is 23.4. The van der Waals surface area contributed by atoms with Gasteiger partial charge in [-0.25, -0.2) is 4.39 Å². The highest BCUT2D eigenvalue weighted by atomic mass is 35.5. The SMILES string of the molecule is COc1ccc(C23CCCC(C(=O)O)(CC2)C3)cc1.Cl.NC/C(=C\F)COc1ccc(C23CCCC(C(=O)NC4CCOCC4)(CC2)C3)cc1.O=C(NC1CCOCC1)C12CCCC(c3ccc(O)cc3)(CC1)C2. The third-order valence-corrected chi connectivity index (χ3v) is 19.2. The zero-order chi connectivity index (χ0) is 51.2. The topological polar surface area (TPSA) is 179 Å². The minimum atomic E-state index is -0.595. The number of fused-ring (bicyclic) bond motifs is 6. The Balaban J connectivity index is 0.000000150. The molecule has 8 fully saturated rings. The van der Waals surface area contributed by atoms with Crippen molar-refractivity contribution in [2.24, 2.45) is 22.0 Å². The van der Waals surface area contributed by atoms with Crippen molar-refractivity contribution in [2.75, 3.05) is 46.7 Å². The van der Waals surface area contributed by atoms with Gasteiger partial charge in [-0.05, 0) is 191 Å². The number of carboxylic acid groups (broad SMARTS) is 1. The van der Waals surface area contributed by atoms with Gasteiger partial charge in [0.2, 0.25) is 11.8 Å². The molecule has 11 rings (SSSR count). The Morgan fingerprint density at radius 1 is 0.608 bits per heavy atom. The summed E-state index contributed by atoms with van der Waals surface area (Å²) >= 11 is 0. The Bertz CT molecular complexity index is 2410. The number of phenolic OH excluding ortho intramolecular Hbond substituents is 1. The maximum absolute atomic E-state index is 13.3. The van der Waals surface area contributed by atoms with Gasteiger partial charge in [0.1, 0.15) is 23.9 Å². The number of hydrogen-bond acceptors (Lipinski definition) is 9. The first-order chi connectivity index (χ1) is 35.3. The predicted octanol–water partition coefficient (Wildman–Crippen LogP) is 10.8. The molecule has 2 amide bonds. The maximum Gasteiger partial charge on any atom is 0.309 e. The fourth-order valence-corrected chi connectivity index (χ4v) is 14.9. The molecule has 6 bridgehead atoms. The van der Waals surface area contributed by atoms with E-state index in [4.69, 9.17) is 24.7 Å². The van der Waals surface area contributed by atoms with E-state index in [1.807, 2.05) is 36.4 Å². The number of halogens is 2. The van der Waals surface area contributed by atoms with Gasteiger partial charge in [0.25, 0.3) is 0 Å². The Hall–Kier alpha value is -4.69. The number of benzene rings is 3. The first kappa shape index (κ1) is 55.5. The minimum Gasteiger partial charge on any atom is -0.508 e. The minimum absolute atomic E-state index is 0. The van der Waals surface area contributed by atoms with E-state index >= 15 is 0 Å². The molecule has 0 radical (unpaired) electrons. The van der Waals surface area contributed by atoms with Crippen LogP contribution in [-0.4, -0.2) is 86.8 Å².